The van der Waals surface area contributed by atoms with Crippen molar-refractivity contribution in [2.75, 3.05) is 0 Å². The van der Waals surface area contributed by atoms with Crippen molar-refractivity contribution < 1.29 is 4.79 Å². The molecule has 0 atom stereocenters. The Morgan fingerprint density at radius 2 is 1.85 bits per heavy atom. The monoisotopic (exact) mass is 292 g/mol. The quantitative estimate of drug-likeness (QED) is 0.863. The molecule has 2 rings (SSSR count). The van der Waals surface area contributed by atoms with Gasteiger partial charge in [0.05, 0.1) is 5.41 Å². The fourth-order valence-electron chi connectivity index (χ4n) is 2.23. The number of nitrogens with one attached hydrogen (secondary N) is 2. The summed E-state index contributed by atoms with van der Waals surface area (Å²) in [6.45, 7) is 9.79. The maximum Gasteiger partial charge on any atom is 0.230 e. The van der Waals surface area contributed by atoms with Gasteiger partial charge >= 0.3 is 0 Å². The van der Waals surface area contributed by atoms with Crippen LogP contribution in [0.4, 0.5) is 0 Å². The molecule has 0 saturated carbocycles. The molecule has 2 N–H and O–H groups in total. The number of amides is 1. The van der Waals surface area contributed by atoms with E-state index in [1.807, 2.05) is 59.0 Å². The molecule has 2 aromatic rings. The van der Waals surface area contributed by atoms with E-state index in [1.54, 1.807) is 0 Å². The van der Waals surface area contributed by atoms with Gasteiger partial charge in [-0.15, -0.1) is 0 Å². The Bertz CT molecular complexity index is 650. The van der Waals surface area contributed by atoms with Crippen molar-refractivity contribution in [3.05, 3.63) is 35.0 Å². The van der Waals surface area contributed by atoms with Crippen LogP contribution in [0, 0.1) is 0 Å². The lowest BCUT2D eigenvalue weighted by Gasteiger charge is -2.29. The van der Waals surface area contributed by atoms with Crippen molar-refractivity contribution >= 4 is 28.4 Å². The maximum absolute atomic E-state index is 12.5. The highest BCUT2D eigenvalue weighted by Crippen LogP contribution is 2.32. The van der Waals surface area contributed by atoms with Crippen LogP contribution in [0.5, 0.6) is 0 Å². The van der Waals surface area contributed by atoms with Gasteiger partial charge in [-0.2, -0.15) is 0 Å². The van der Waals surface area contributed by atoms with Crippen LogP contribution < -0.4 is 5.32 Å². The summed E-state index contributed by atoms with van der Waals surface area (Å²) in [6, 6.07) is 5.67. The molecule has 1 amide bonds. The van der Waals surface area contributed by atoms with Crippen molar-refractivity contribution in [3.63, 3.8) is 0 Å². The standard InChI is InChI=1S/C16H21ClN2O/c1-15(2,3)19-14(20)16(4,5)12-9-18-13-7-6-10(17)8-11(12)13/h6-9,18H,1-5H3,(H,19,20). The second kappa shape index (κ2) is 4.81. The van der Waals surface area contributed by atoms with E-state index in [-0.39, 0.29) is 11.4 Å². The van der Waals surface area contributed by atoms with Gasteiger partial charge in [0.15, 0.2) is 0 Å². The van der Waals surface area contributed by atoms with Gasteiger partial charge in [0.2, 0.25) is 5.91 Å². The third-order valence-corrected chi connectivity index (χ3v) is 3.61. The summed E-state index contributed by atoms with van der Waals surface area (Å²) in [5.41, 5.74) is 1.06. The molecule has 0 saturated heterocycles. The van der Waals surface area contributed by atoms with E-state index in [1.165, 1.54) is 0 Å². The highest BCUT2D eigenvalue weighted by atomic mass is 35.5. The van der Waals surface area contributed by atoms with Crippen LogP contribution in [0.2, 0.25) is 5.02 Å². The minimum absolute atomic E-state index is 0.00544. The first-order chi connectivity index (χ1) is 9.11. The Balaban J connectivity index is 2.46. The smallest absolute Gasteiger partial charge is 0.230 e. The molecule has 1 heterocycles. The van der Waals surface area contributed by atoms with Crippen molar-refractivity contribution in [3.8, 4) is 0 Å². The Labute approximate surface area is 124 Å². The molecule has 0 aliphatic heterocycles. The molecule has 0 spiro atoms. The molecule has 0 radical (unpaired) electrons. The van der Waals surface area contributed by atoms with E-state index >= 15 is 0 Å². The molecule has 0 bridgehead atoms. The second-order valence-electron chi connectivity index (χ2n) is 6.72. The number of benzene rings is 1. The fraction of sp³-hybridized carbons (Fsp3) is 0.438. The largest absolute Gasteiger partial charge is 0.361 e. The lowest BCUT2D eigenvalue weighted by Crippen LogP contribution is -2.48. The number of fused-ring (bicyclic) bond motifs is 1. The third kappa shape index (κ3) is 2.83. The molecule has 0 aliphatic carbocycles. The number of aromatic amines is 1. The molecule has 20 heavy (non-hydrogen) atoms. The van der Waals surface area contributed by atoms with Crippen LogP contribution in [0.15, 0.2) is 24.4 Å². The molecular weight excluding hydrogens is 272 g/mol. The summed E-state index contributed by atoms with van der Waals surface area (Å²) in [7, 11) is 0. The van der Waals surface area contributed by atoms with Crippen LogP contribution in [0.25, 0.3) is 10.9 Å². The van der Waals surface area contributed by atoms with E-state index < -0.39 is 5.41 Å². The topological polar surface area (TPSA) is 44.9 Å². The van der Waals surface area contributed by atoms with Crippen molar-refractivity contribution in [2.45, 2.75) is 45.6 Å². The predicted molar refractivity (Wildman–Crippen MR) is 84.2 cm³/mol. The first-order valence-corrected chi connectivity index (χ1v) is 7.09. The van der Waals surface area contributed by atoms with Gasteiger partial charge in [0.25, 0.3) is 0 Å². The molecule has 0 fully saturated rings. The fourth-order valence-corrected chi connectivity index (χ4v) is 2.40. The van der Waals surface area contributed by atoms with Crippen LogP contribution in [-0.4, -0.2) is 16.4 Å². The first-order valence-electron chi connectivity index (χ1n) is 6.71. The first kappa shape index (κ1) is 14.9. The molecule has 1 aromatic heterocycles. The summed E-state index contributed by atoms with van der Waals surface area (Å²) in [5, 5.41) is 4.71. The van der Waals surface area contributed by atoms with E-state index in [0.717, 1.165) is 16.5 Å². The number of carbonyl (C=O) groups excluding carboxylic acids is 1. The molecule has 1 aromatic carbocycles. The molecule has 0 unspecified atom stereocenters. The molecule has 3 nitrogen and oxygen atoms in total. The van der Waals surface area contributed by atoms with Gasteiger partial charge in [0.1, 0.15) is 0 Å². The van der Waals surface area contributed by atoms with Gasteiger partial charge in [-0.25, -0.2) is 0 Å². The zero-order valence-electron chi connectivity index (χ0n) is 12.6. The van der Waals surface area contributed by atoms with Gasteiger partial charge in [-0.3, -0.25) is 4.79 Å². The third-order valence-electron chi connectivity index (χ3n) is 3.37. The number of hydrogen-bond acceptors (Lipinski definition) is 1. The van der Waals surface area contributed by atoms with Crippen molar-refractivity contribution in [1.29, 1.82) is 0 Å². The number of carbonyl (C=O) groups is 1. The second-order valence-corrected chi connectivity index (χ2v) is 7.16. The minimum atomic E-state index is -0.629. The summed E-state index contributed by atoms with van der Waals surface area (Å²) in [6.07, 6.45) is 1.89. The molecular formula is C16H21ClN2O. The number of rotatable bonds is 2. The average molecular weight is 293 g/mol. The van der Waals surface area contributed by atoms with Crippen LogP contribution in [0.3, 0.4) is 0 Å². The summed E-state index contributed by atoms with van der Waals surface area (Å²) in [5.74, 6) is 0.00544. The molecule has 108 valence electrons. The Kier molecular flexibility index (Phi) is 3.59. The van der Waals surface area contributed by atoms with E-state index in [0.29, 0.717) is 5.02 Å². The Morgan fingerprint density at radius 1 is 1.20 bits per heavy atom. The van der Waals surface area contributed by atoms with Crippen LogP contribution in [-0.2, 0) is 10.2 Å². The Morgan fingerprint density at radius 3 is 2.45 bits per heavy atom. The number of halogens is 1. The van der Waals surface area contributed by atoms with Gasteiger partial charge in [-0.1, -0.05) is 11.6 Å². The summed E-state index contributed by atoms with van der Waals surface area (Å²) >= 11 is 6.07. The highest BCUT2D eigenvalue weighted by Gasteiger charge is 2.34. The summed E-state index contributed by atoms with van der Waals surface area (Å²) in [4.78, 5) is 15.8. The van der Waals surface area contributed by atoms with Gasteiger partial charge < -0.3 is 10.3 Å². The number of H-pyrrole nitrogens is 1. The van der Waals surface area contributed by atoms with Crippen molar-refractivity contribution in [2.24, 2.45) is 0 Å². The number of hydrogen-bond donors (Lipinski definition) is 2. The zero-order valence-corrected chi connectivity index (χ0v) is 13.4. The Hall–Kier alpha value is -1.48. The summed E-state index contributed by atoms with van der Waals surface area (Å²) < 4.78 is 0. The average Bonchev–Trinajstić information content (AvgIpc) is 2.69. The SMILES string of the molecule is CC(C)(C)NC(=O)C(C)(C)c1c[nH]c2ccc(Cl)cc12. The zero-order chi connectivity index (χ0) is 15.1. The molecule has 4 heteroatoms. The number of aromatic nitrogens is 1. The van der Waals surface area contributed by atoms with E-state index in [4.69, 9.17) is 11.6 Å². The maximum atomic E-state index is 12.5. The van der Waals surface area contributed by atoms with Gasteiger partial charge in [0, 0.05) is 27.7 Å². The molecule has 0 aliphatic rings. The highest BCUT2D eigenvalue weighted by molar-refractivity contribution is 6.31. The van der Waals surface area contributed by atoms with E-state index in [9.17, 15) is 4.79 Å². The van der Waals surface area contributed by atoms with E-state index in [2.05, 4.69) is 10.3 Å². The van der Waals surface area contributed by atoms with Gasteiger partial charge in [-0.05, 0) is 58.4 Å². The lowest BCUT2D eigenvalue weighted by atomic mass is 9.83. The predicted octanol–water partition coefficient (Wildman–Crippen LogP) is 4.01. The lowest BCUT2D eigenvalue weighted by molar-refractivity contribution is -0.127. The van der Waals surface area contributed by atoms with Crippen molar-refractivity contribution in [1.82, 2.24) is 10.3 Å². The normalized spacial score (nSPS) is 12.7. The minimum Gasteiger partial charge on any atom is -0.361 e. The van der Waals surface area contributed by atoms with Crippen LogP contribution >= 0.6 is 11.6 Å². The van der Waals surface area contributed by atoms with Crippen LogP contribution in [0.1, 0.15) is 40.2 Å².